The fourth-order valence-corrected chi connectivity index (χ4v) is 3.69. The summed E-state index contributed by atoms with van der Waals surface area (Å²) in [6, 6.07) is 7.79. The molecule has 10 heteroatoms. The van der Waals surface area contributed by atoms with Gasteiger partial charge < -0.3 is 9.64 Å². The van der Waals surface area contributed by atoms with E-state index in [1.54, 1.807) is 24.2 Å². The number of ether oxygens (including phenoxy) is 1. The Morgan fingerprint density at radius 1 is 1.20 bits per heavy atom. The van der Waals surface area contributed by atoms with Gasteiger partial charge in [-0.25, -0.2) is 4.68 Å². The standard InChI is InChI=1S/C20H26N8OS/c1-15-24-27(14-26-10-8-25(2)9-11-26)20(30)28(15)22-13-17-12-21-23-19(17)16-4-6-18(29-3)7-5-16/h4-7,12-13H,8-11,14H2,1-3H3,(H,21,23)/b22-13+. The van der Waals surface area contributed by atoms with Crippen molar-refractivity contribution in [3.63, 3.8) is 0 Å². The van der Waals surface area contributed by atoms with Crippen molar-refractivity contribution in [3.05, 3.63) is 46.6 Å². The molecule has 0 radical (unpaired) electrons. The van der Waals surface area contributed by atoms with Crippen molar-refractivity contribution in [2.45, 2.75) is 13.6 Å². The van der Waals surface area contributed by atoms with Crippen molar-refractivity contribution in [3.8, 4) is 17.0 Å². The van der Waals surface area contributed by atoms with Gasteiger partial charge in [-0.3, -0.25) is 10.00 Å². The topological polar surface area (TPSA) is 79.5 Å². The van der Waals surface area contributed by atoms with Crippen LogP contribution in [0.25, 0.3) is 11.3 Å². The number of piperazine rings is 1. The van der Waals surface area contributed by atoms with Crippen LogP contribution in [0.2, 0.25) is 0 Å². The van der Waals surface area contributed by atoms with E-state index in [-0.39, 0.29) is 0 Å². The lowest BCUT2D eigenvalue weighted by Gasteiger charge is -2.31. The van der Waals surface area contributed by atoms with Crippen molar-refractivity contribution in [2.24, 2.45) is 5.10 Å². The van der Waals surface area contributed by atoms with Gasteiger partial charge in [-0.05, 0) is 50.5 Å². The van der Waals surface area contributed by atoms with Gasteiger partial charge in [0.25, 0.3) is 0 Å². The lowest BCUT2D eigenvalue weighted by Crippen LogP contribution is -2.45. The van der Waals surface area contributed by atoms with Crippen molar-refractivity contribution >= 4 is 18.4 Å². The summed E-state index contributed by atoms with van der Waals surface area (Å²) in [5, 5.41) is 16.4. The number of methoxy groups -OCH3 is 1. The summed E-state index contributed by atoms with van der Waals surface area (Å²) >= 11 is 5.63. The van der Waals surface area contributed by atoms with Crippen molar-refractivity contribution in [1.29, 1.82) is 0 Å². The first-order valence-electron chi connectivity index (χ1n) is 9.84. The molecule has 0 bridgehead atoms. The molecule has 0 spiro atoms. The summed E-state index contributed by atoms with van der Waals surface area (Å²) in [6.45, 7) is 6.72. The average molecular weight is 427 g/mol. The SMILES string of the molecule is COc1ccc(-c2[nH]ncc2/C=N/n2c(C)nn(CN3CCN(C)CC3)c2=S)cc1. The van der Waals surface area contributed by atoms with E-state index in [2.05, 4.69) is 37.2 Å². The maximum absolute atomic E-state index is 5.63. The lowest BCUT2D eigenvalue weighted by molar-refractivity contribution is 0.118. The van der Waals surface area contributed by atoms with E-state index in [9.17, 15) is 0 Å². The van der Waals surface area contributed by atoms with Gasteiger partial charge in [0.2, 0.25) is 4.77 Å². The molecule has 4 rings (SSSR count). The molecule has 1 aliphatic heterocycles. The predicted molar refractivity (Wildman–Crippen MR) is 118 cm³/mol. The molecule has 1 fully saturated rings. The monoisotopic (exact) mass is 426 g/mol. The minimum absolute atomic E-state index is 0.581. The number of aryl methyl sites for hydroxylation is 1. The number of benzene rings is 1. The predicted octanol–water partition coefficient (Wildman–Crippen LogP) is 2.21. The molecule has 0 aliphatic carbocycles. The molecule has 1 saturated heterocycles. The summed E-state index contributed by atoms with van der Waals surface area (Å²) in [4.78, 5) is 4.68. The summed E-state index contributed by atoms with van der Waals surface area (Å²) < 4.78 is 9.34. The molecule has 1 N–H and O–H groups in total. The third-order valence-electron chi connectivity index (χ3n) is 5.26. The van der Waals surface area contributed by atoms with Crippen LogP contribution in [0.15, 0.2) is 35.6 Å². The number of aromatic amines is 1. The molecule has 3 heterocycles. The molecule has 30 heavy (non-hydrogen) atoms. The summed E-state index contributed by atoms with van der Waals surface area (Å²) in [5.41, 5.74) is 2.75. The Labute approximate surface area is 180 Å². The second-order valence-corrected chi connectivity index (χ2v) is 7.74. The molecule has 158 valence electrons. The fourth-order valence-electron chi connectivity index (χ4n) is 3.41. The van der Waals surface area contributed by atoms with Gasteiger partial charge in [-0.2, -0.15) is 20.0 Å². The number of H-pyrrole nitrogens is 1. The van der Waals surface area contributed by atoms with E-state index in [0.29, 0.717) is 11.4 Å². The minimum Gasteiger partial charge on any atom is -0.497 e. The largest absolute Gasteiger partial charge is 0.497 e. The Kier molecular flexibility index (Phi) is 6.07. The van der Waals surface area contributed by atoms with Crippen molar-refractivity contribution < 1.29 is 4.74 Å². The molecule has 2 aromatic heterocycles. The van der Waals surface area contributed by atoms with Crippen LogP contribution in [0, 0.1) is 11.7 Å². The molecular weight excluding hydrogens is 400 g/mol. The Hall–Kier alpha value is -2.82. The van der Waals surface area contributed by atoms with Crippen LogP contribution in [0.1, 0.15) is 11.4 Å². The first-order valence-corrected chi connectivity index (χ1v) is 10.3. The van der Waals surface area contributed by atoms with Crippen LogP contribution in [0.3, 0.4) is 0 Å². The Balaban J connectivity index is 1.53. The summed E-state index contributed by atoms with van der Waals surface area (Å²) in [7, 11) is 3.80. The van der Waals surface area contributed by atoms with E-state index >= 15 is 0 Å². The first-order chi connectivity index (χ1) is 14.5. The van der Waals surface area contributed by atoms with Crippen LogP contribution < -0.4 is 4.74 Å². The summed E-state index contributed by atoms with van der Waals surface area (Å²) in [5.74, 6) is 1.56. The molecule has 3 aromatic rings. The van der Waals surface area contributed by atoms with Gasteiger partial charge in [-0.15, -0.1) is 0 Å². The number of hydrogen-bond donors (Lipinski definition) is 1. The zero-order valence-corrected chi connectivity index (χ0v) is 18.3. The number of likely N-dealkylation sites (N-methyl/N-ethyl adjacent to an activating group) is 1. The van der Waals surface area contributed by atoms with E-state index in [0.717, 1.165) is 54.6 Å². The lowest BCUT2D eigenvalue weighted by atomic mass is 10.1. The van der Waals surface area contributed by atoms with Gasteiger partial charge >= 0.3 is 0 Å². The van der Waals surface area contributed by atoms with Crippen LogP contribution in [0.4, 0.5) is 0 Å². The van der Waals surface area contributed by atoms with Crippen LogP contribution in [-0.4, -0.2) is 81.0 Å². The number of nitrogens with zero attached hydrogens (tertiary/aromatic N) is 7. The van der Waals surface area contributed by atoms with Crippen LogP contribution in [0.5, 0.6) is 5.75 Å². The molecule has 0 saturated carbocycles. The highest BCUT2D eigenvalue weighted by atomic mass is 32.1. The normalized spacial score (nSPS) is 15.8. The smallest absolute Gasteiger partial charge is 0.220 e. The highest BCUT2D eigenvalue weighted by Crippen LogP contribution is 2.22. The molecular formula is C20H26N8OS. The minimum atomic E-state index is 0.581. The maximum Gasteiger partial charge on any atom is 0.220 e. The number of nitrogens with one attached hydrogen (secondary N) is 1. The maximum atomic E-state index is 5.63. The van der Waals surface area contributed by atoms with Crippen molar-refractivity contribution in [2.75, 3.05) is 40.3 Å². The van der Waals surface area contributed by atoms with Gasteiger partial charge in [-0.1, -0.05) is 0 Å². The number of aromatic nitrogens is 5. The first kappa shape index (κ1) is 20.5. The fraction of sp³-hybridized carbons (Fsp3) is 0.400. The second-order valence-electron chi connectivity index (χ2n) is 7.38. The van der Waals surface area contributed by atoms with Gasteiger partial charge in [0, 0.05) is 37.3 Å². The zero-order valence-electron chi connectivity index (χ0n) is 17.4. The number of rotatable bonds is 6. The Morgan fingerprint density at radius 2 is 1.93 bits per heavy atom. The Bertz CT molecular complexity index is 1070. The number of hydrogen-bond acceptors (Lipinski definition) is 7. The van der Waals surface area contributed by atoms with E-state index in [4.69, 9.17) is 17.0 Å². The van der Waals surface area contributed by atoms with Crippen LogP contribution >= 0.6 is 12.2 Å². The van der Waals surface area contributed by atoms with Gasteiger partial charge in [0.05, 0.1) is 31.9 Å². The molecule has 1 aromatic carbocycles. The van der Waals surface area contributed by atoms with E-state index in [1.807, 2.05) is 35.9 Å². The third-order valence-corrected chi connectivity index (χ3v) is 5.65. The molecule has 9 nitrogen and oxygen atoms in total. The average Bonchev–Trinajstić information content (AvgIpc) is 3.33. The summed E-state index contributed by atoms with van der Waals surface area (Å²) in [6.07, 6.45) is 3.50. The second kappa shape index (κ2) is 8.90. The molecule has 0 amide bonds. The molecule has 0 unspecified atom stereocenters. The van der Waals surface area contributed by atoms with E-state index < -0.39 is 0 Å². The zero-order chi connectivity index (χ0) is 21.1. The van der Waals surface area contributed by atoms with Gasteiger partial charge in [0.15, 0.2) is 5.82 Å². The molecule has 0 atom stereocenters. The van der Waals surface area contributed by atoms with E-state index in [1.165, 1.54) is 0 Å². The third kappa shape index (κ3) is 4.35. The van der Waals surface area contributed by atoms with Crippen molar-refractivity contribution in [1.82, 2.24) is 34.5 Å². The van der Waals surface area contributed by atoms with Crippen LogP contribution in [-0.2, 0) is 6.67 Å². The quantitative estimate of drug-likeness (QED) is 0.481. The highest BCUT2D eigenvalue weighted by molar-refractivity contribution is 7.71. The van der Waals surface area contributed by atoms with Gasteiger partial charge in [0.1, 0.15) is 5.75 Å². The highest BCUT2D eigenvalue weighted by Gasteiger charge is 2.16. The Morgan fingerprint density at radius 3 is 2.63 bits per heavy atom. The molecule has 1 aliphatic rings.